The number of hydrogen-bond donors (Lipinski definition) is 0. The molecule has 2 aliphatic heterocycles. The van der Waals surface area contributed by atoms with Gasteiger partial charge in [-0.15, -0.1) is 0 Å². The van der Waals surface area contributed by atoms with Crippen molar-refractivity contribution in [2.45, 2.75) is 70.5 Å². The van der Waals surface area contributed by atoms with E-state index in [0.29, 0.717) is 18.1 Å². The topological polar surface area (TPSA) is 56.7 Å². The predicted molar refractivity (Wildman–Crippen MR) is 91.9 cm³/mol. The van der Waals surface area contributed by atoms with Gasteiger partial charge >= 0.3 is 5.84 Å². The van der Waals surface area contributed by atoms with Crippen molar-refractivity contribution in [3.63, 3.8) is 0 Å². The van der Waals surface area contributed by atoms with E-state index in [2.05, 4.69) is 46.1 Å². The van der Waals surface area contributed by atoms with Crippen LogP contribution in [0.2, 0.25) is 0 Å². The molecular weight excluding hydrogens is 274 g/mol. The van der Waals surface area contributed by atoms with Crippen molar-refractivity contribution < 1.29 is 0 Å². The Bertz CT molecular complexity index is 488. The molecule has 0 spiro atoms. The zero-order chi connectivity index (χ0) is 16.1. The van der Waals surface area contributed by atoms with Crippen LogP contribution >= 0.6 is 0 Å². The first-order chi connectivity index (χ1) is 10.6. The summed E-state index contributed by atoms with van der Waals surface area (Å²) < 4.78 is 4.16. The van der Waals surface area contributed by atoms with Crippen LogP contribution in [0.1, 0.15) is 52.4 Å². The van der Waals surface area contributed by atoms with Crippen LogP contribution in [0, 0.1) is 17.2 Å². The van der Waals surface area contributed by atoms with Crippen molar-refractivity contribution >= 4 is 19.3 Å². The highest BCUT2D eigenvalue weighted by Crippen LogP contribution is 2.32. The zero-order valence-electron chi connectivity index (χ0n) is 13.9. The van der Waals surface area contributed by atoms with E-state index in [9.17, 15) is 5.26 Å². The van der Waals surface area contributed by atoms with Gasteiger partial charge in [-0.1, -0.05) is 0 Å². The number of piperidine rings is 2. The lowest BCUT2D eigenvalue weighted by Crippen LogP contribution is -2.53. The van der Waals surface area contributed by atoms with Crippen LogP contribution in [0.4, 0.5) is 0 Å². The first kappa shape index (κ1) is 16.6. The van der Waals surface area contributed by atoms with Gasteiger partial charge in [0.15, 0.2) is 6.72 Å². The number of hydrazone groups is 1. The highest BCUT2D eigenvalue weighted by atomic mass is 15.5. The number of rotatable bonds is 3. The van der Waals surface area contributed by atoms with Crippen LogP contribution in [0.5, 0.6) is 0 Å². The fourth-order valence-corrected chi connectivity index (χ4v) is 4.13. The summed E-state index contributed by atoms with van der Waals surface area (Å²) in [5.41, 5.74) is 0. The lowest BCUT2D eigenvalue weighted by atomic mass is 9.83. The summed E-state index contributed by atoms with van der Waals surface area (Å²) in [6, 6.07) is 3.58. The number of nitriles is 1. The largest absolute Gasteiger partial charge is 0.341 e. The smallest absolute Gasteiger partial charge is 0.294 e. The second kappa shape index (κ2) is 7.47. The van der Waals surface area contributed by atoms with Gasteiger partial charge in [-0.2, -0.15) is 10.4 Å². The molecule has 0 aromatic rings. The third kappa shape index (κ3) is 3.51. The highest BCUT2D eigenvalue weighted by Gasteiger charge is 2.42. The molecule has 4 unspecified atom stereocenters. The Morgan fingerprint density at radius 2 is 2.14 bits per heavy atom. The molecule has 2 saturated heterocycles. The fourth-order valence-electron chi connectivity index (χ4n) is 4.13. The van der Waals surface area contributed by atoms with Crippen molar-refractivity contribution in [3.8, 4) is 6.07 Å². The average Bonchev–Trinajstić information content (AvgIpc) is 2.54. The van der Waals surface area contributed by atoms with Gasteiger partial charge in [-0.3, -0.25) is 5.01 Å². The van der Waals surface area contributed by atoms with Crippen LogP contribution in [-0.4, -0.2) is 53.8 Å². The summed E-state index contributed by atoms with van der Waals surface area (Å²) in [4.78, 5) is 2.37. The fraction of sp³-hybridized carbons (Fsp3) is 0.765. The number of amidine groups is 1. The van der Waals surface area contributed by atoms with Crippen LogP contribution in [0.3, 0.4) is 0 Å². The van der Waals surface area contributed by atoms with Crippen molar-refractivity contribution in [2.24, 2.45) is 11.0 Å². The molecule has 0 aliphatic carbocycles. The molecular formula is C17H28N5+. The summed E-state index contributed by atoms with van der Waals surface area (Å²) in [6.45, 7) is 12.6. The van der Waals surface area contributed by atoms with Crippen LogP contribution in [0.15, 0.2) is 5.10 Å². The zero-order valence-corrected chi connectivity index (χ0v) is 13.9. The van der Waals surface area contributed by atoms with E-state index in [4.69, 9.17) is 0 Å². The second-order valence-electron chi connectivity index (χ2n) is 6.60. The molecule has 2 rings (SSSR count). The average molecular weight is 302 g/mol. The molecule has 5 nitrogen and oxygen atoms in total. The van der Waals surface area contributed by atoms with E-state index < -0.39 is 0 Å². The molecule has 0 bridgehead atoms. The Hall–Kier alpha value is -1.79. The Morgan fingerprint density at radius 3 is 2.77 bits per heavy atom. The molecule has 2 heterocycles. The third-order valence-corrected chi connectivity index (χ3v) is 5.16. The van der Waals surface area contributed by atoms with Crippen molar-refractivity contribution in [2.75, 3.05) is 6.54 Å². The lowest BCUT2D eigenvalue weighted by Gasteiger charge is -2.41. The third-order valence-electron chi connectivity index (χ3n) is 5.16. The van der Waals surface area contributed by atoms with Crippen molar-refractivity contribution in [3.05, 3.63) is 0 Å². The van der Waals surface area contributed by atoms with Gasteiger partial charge < -0.3 is 0 Å². The van der Waals surface area contributed by atoms with Crippen molar-refractivity contribution in [1.29, 1.82) is 5.26 Å². The Labute approximate surface area is 134 Å². The maximum atomic E-state index is 9.36. The molecule has 0 N–H and O–H groups in total. The number of likely N-dealkylation sites (tertiary alicyclic amines) is 1. The summed E-state index contributed by atoms with van der Waals surface area (Å²) in [7, 11) is 0. The normalized spacial score (nSPS) is 32.0. The Kier molecular flexibility index (Phi) is 5.63. The molecule has 2 fully saturated rings. The molecule has 4 atom stereocenters. The first-order valence-electron chi connectivity index (χ1n) is 8.32. The number of hydrogen-bond acceptors (Lipinski definition) is 3. The molecule has 0 amide bonds. The van der Waals surface area contributed by atoms with Crippen LogP contribution in [-0.2, 0) is 0 Å². The van der Waals surface area contributed by atoms with Gasteiger partial charge in [0.25, 0.3) is 0 Å². The molecule has 0 aromatic heterocycles. The monoisotopic (exact) mass is 302 g/mol. The van der Waals surface area contributed by atoms with E-state index in [1.807, 2.05) is 6.92 Å². The van der Waals surface area contributed by atoms with Gasteiger partial charge in [0.05, 0.1) is 31.0 Å². The van der Waals surface area contributed by atoms with Gasteiger partial charge in [-0.25, -0.2) is 9.57 Å². The molecule has 22 heavy (non-hydrogen) atoms. The van der Waals surface area contributed by atoms with E-state index >= 15 is 0 Å². The maximum absolute atomic E-state index is 9.36. The minimum Gasteiger partial charge on any atom is -0.294 e. The quantitative estimate of drug-likeness (QED) is 0.455. The summed E-state index contributed by atoms with van der Waals surface area (Å²) in [6.07, 6.45) is 6.45. The molecule has 2 aliphatic rings. The molecule has 0 radical (unpaired) electrons. The Morgan fingerprint density at radius 1 is 1.36 bits per heavy atom. The van der Waals surface area contributed by atoms with E-state index in [-0.39, 0.29) is 5.92 Å². The summed E-state index contributed by atoms with van der Waals surface area (Å²) in [5.74, 6) is 1.12. The summed E-state index contributed by atoms with van der Waals surface area (Å²) in [5, 5.41) is 15.7. The second-order valence-corrected chi connectivity index (χ2v) is 6.60. The Balaban J connectivity index is 2.17. The molecule has 5 heteroatoms. The lowest BCUT2D eigenvalue weighted by molar-refractivity contribution is 0.0834. The van der Waals surface area contributed by atoms with Gasteiger partial charge in [-0.05, 0) is 26.2 Å². The van der Waals surface area contributed by atoms with Crippen LogP contribution in [0.25, 0.3) is 0 Å². The number of nitrogens with zero attached hydrogens (tertiary/aromatic N) is 5. The standard InChI is InChI=1S/C17H28N5/c1-13-9-15(12-18)10-17(22(13)14(2)19-3)11-16-7-5-6-8-21(16)20-4/h13,15-17H,3-11H2,1-2H3/q+1. The molecule has 120 valence electrons. The minimum atomic E-state index is 0.141. The molecule has 0 saturated carbocycles. The highest BCUT2D eigenvalue weighted by molar-refractivity contribution is 5.80. The van der Waals surface area contributed by atoms with E-state index in [1.165, 1.54) is 12.8 Å². The van der Waals surface area contributed by atoms with Gasteiger partial charge in [0.1, 0.15) is 6.04 Å². The molecule has 0 aromatic carbocycles. The summed E-state index contributed by atoms with van der Waals surface area (Å²) >= 11 is 0. The predicted octanol–water partition coefficient (Wildman–Crippen LogP) is 2.03. The van der Waals surface area contributed by atoms with E-state index in [0.717, 1.165) is 38.1 Å². The SMILES string of the molecule is C=NN1CCCCC1CC1CC(C#N)CC(C)N1C(C)=[N+]=C. The maximum Gasteiger partial charge on any atom is 0.341 e. The van der Waals surface area contributed by atoms with Crippen molar-refractivity contribution in [1.82, 2.24) is 14.6 Å². The minimum absolute atomic E-state index is 0.141. The van der Waals surface area contributed by atoms with Gasteiger partial charge in [0.2, 0.25) is 0 Å². The van der Waals surface area contributed by atoms with E-state index in [1.54, 1.807) is 0 Å². The first-order valence-corrected chi connectivity index (χ1v) is 8.32. The van der Waals surface area contributed by atoms with Gasteiger partial charge in [0, 0.05) is 32.5 Å². The van der Waals surface area contributed by atoms with Crippen LogP contribution < -0.4 is 4.67 Å².